The molecule has 88 valence electrons. The number of hydrogen-bond acceptors (Lipinski definition) is 4. The molecule has 1 saturated heterocycles. The van der Waals surface area contributed by atoms with E-state index in [1.807, 2.05) is 6.92 Å². The Hall–Kier alpha value is -1.36. The van der Waals surface area contributed by atoms with Gasteiger partial charge in [0.05, 0.1) is 0 Å². The fraction of sp³-hybridized carbons (Fsp3) is 0.636. The Balaban J connectivity index is 2.11. The molecule has 5 heteroatoms. The summed E-state index contributed by atoms with van der Waals surface area (Å²) in [6, 6.07) is 1.58. The van der Waals surface area contributed by atoms with Crippen LogP contribution in [0, 0.1) is 6.92 Å². The van der Waals surface area contributed by atoms with E-state index >= 15 is 0 Å². The highest BCUT2D eigenvalue weighted by atomic mass is 16.1. The Kier molecular flexibility index (Phi) is 3.24. The molecular weight excluding hydrogens is 204 g/mol. The van der Waals surface area contributed by atoms with Crippen LogP contribution in [0.4, 0.5) is 5.82 Å². The van der Waals surface area contributed by atoms with E-state index in [-0.39, 0.29) is 5.56 Å². The summed E-state index contributed by atoms with van der Waals surface area (Å²) in [5, 5.41) is 0. The van der Waals surface area contributed by atoms with E-state index in [4.69, 9.17) is 0 Å². The van der Waals surface area contributed by atoms with Gasteiger partial charge in [0.25, 0.3) is 5.56 Å². The third kappa shape index (κ3) is 2.41. The fourth-order valence-electron chi connectivity index (χ4n) is 2.02. The molecular formula is C11H18N4O. The smallest absolute Gasteiger partial charge is 0.252 e. The van der Waals surface area contributed by atoms with Gasteiger partial charge in [-0.05, 0) is 13.5 Å². The van der Waals surface area contributed by atoms with Gasteiger partial charge in [-0.2, -0.15) is 0 Å². The SMILES string of the molecule is CCN1CCN(c2cc(=O)[nH]c(C)n2)CC1. The Morgan fingerprint density at radius 3 is 2.62 bits per heavy atom. The largest absolute Gasteiger partial charge is 0.354 e. The fourth-order valence-corrected chi connectivity index (χ4v) is 2.02. The lowest BCUT2D eigenvalue weighted by Gasteiger charge is -2.34. The summed E-state index contributed by atoms with van der Waals surface area (Å²) in [4.78, 5) is 22.9. The van der Waals surface area contributed by atoms with Crippen LogP contribution >= 0.6 is 0 Å². The molecule has 5 nitrogen and oxygen atoms in total. The van der Waals surface area contributed by atoms with Crippen molar-refractivity contribution in [3.05, 3.63) is 22.2 Å². The zero-order valence-electron chi connectivity index (χ0n) is 9.86. The van der Waals surface area contributed by atoms with E-state index in [1.54, 1.807) is 6.07 Å². The first kappa shape index (κ1) is 11.1. The summed E-state index contributed by atoms with van der Waals surface area (Å²) in [6.45, 7) is 9.07. The first-order valence-corrected chi connectivity index (χ1v) is 5.74. The second-order valence-corrected chi connectivity index (χ2v) is 4.11. The van der Waals surface area contributed by atoms with Crippen molar-refractivity contribution in [3.8, 4) is 0 Å². The van der Waals surface area contributed by atoms with Crippen molar-refractivity contribution >= 4 is 5.82 Å². The van der Waals surface area contributed by atoms with Crippen LogP contribution in [0.15, 0.2) is 10.9 Å². The predicted octanol–water partition coefficient (Wildman–Crippen LogP) is 0.220. The van der Waals surface area contributed by atoms with E-state index in [0.717, 1.165) is 38.5 Å². The number of aromatic nitrogens is 2. The quantitative estimate of drug-likeness (QED) is 0.777. The van der Waals surface area contributed by atoms with Crippen molar-refractivity contribution in [1.82, 2.24) is 14.9 Å². The lowest BCUT2D eigenvalue weighted by Crippen LogP contribution is -2.46. The van der Waals surface area contributed by atoms with Gasteiger partial charge < -0.3 is 14.8 Å². The van der Waals surface area contributed by atoms with Crippen LogP contribution in [0.2, 0.25) is 0 Å². The number of aromatic amines is 1. The zero-order valence-corrected chi connectivity index (χ0v) is 9.86. The number of nitrogens with one attached hydrogen (secondary N) is 1. The molecule has 0 unspecified atom stereocenters. The molecule has 0 aromatic carbocycles. The van der Waals surface area contributed by atoms with E-state index in [2.05, 4.69) is 26.7 Å². The molecule has 1 aromatic rings. The van der Waals surface area contributed by atoms with Gasteiger partial charge in [0.15, 0.2) is 0 Å². The first-order valence-electron chi connectivity index (χ1n) is 5.74. The van der Waals surface area contributed by atoms with Crippen LogP contribution in [0.1, 0.15) is 12.7 Å². The van der Waals surface area contributed by atoms with Gasteiger partial charge in [-0.25, -0.2) is 4.98 Å². The lowest BCUT2D eigenvalue weighted by molar-refractivity contribution is 0.270. The molecule has 2 rings (SSSR count). The molecule has 1 aliphatic rings. The average molecular weight is 222 g/mol. The number of likely N-dealkylation sites (N-methyl/N-ethyl adjacent to an activating group) is 1. The maximum absolute atomic E-state index is 11.3. The molecule has 0 radical (unpaired) electrons. The van der Waals surface area contributed by atoms with Crippen LogP contribution in [0.3, 0.4) is 0 Å². The zero-order chi connectivity index (χ0) is 11.5. The molecule has 1 N–H and O–H groups in total. The van der Waals surface area contributed by atoms with Crippen LogP contribution in [-0.4, -0.2) is 47.6 Å². The van der Waals surface area contributed by atoms with Gasteiger partial charge in [0, 0.05) is 32.2 Å². The predicted molar refractivity (Wildman–Crippen MR) is 63.9 cm³/mol. The van der Waals surface area contributed by atoms with Gasteiger partial charge in [0.1, 0.15) is 11.6 Å². The molecule has 0 aliphatic carbocycles. The minimum Gasteiger partial charge on any atom is -0.354 e. The first-order chi connectivity index (χ1) is 7.69. The normalized spacial score (nSPS) is 17.8. The van der Waals surface area contributed by atoms with Crippen molar-refractivity contribution in [2.75, 3.05) is 37.6 Å². The molecule has 0 saturated carbocycles. The third-order valence-corrected chi connectivity index (χ3v) is 2.99. The topological polar surface area (TPSA) is 52.2 Å². The van der Waals surface area contributed by atoms with E-state index in [0.29, 0.717) is 5.82 Å². The van der Waals surface area contributed by atoms with E-state index in [1.165, 1.54) is 0 Å². The monoisotopic (exact) mass is 222 g/mol. The van der Waals surface area contributed by atoms with E-state index in [9.17, 15) is 4.79 Å². The van der Waals surface area contributed by atoms with Crippen LogP contribution in [0.25, 0.3) is 0 Å². The molecule has 1 aromatic heterocycles. The number of aryl methyl sites for hydroxylation is 1. The maximum atomic E-state index is 11.3. The molecule has 1 fully saturated rings. The van der Waals surface area contributed by atoms with Crippen LogP contribution in [0.5, 0.6) is 0 Å². The summed E-state index contributed by atoms with van der Waals surface area (Å²) >= 11 is 0. The highest BCUT2D eigenvalue weighted by Crippen LogP contribution is 2.11. The van der Waals surface area contributed by atoms with Crippen molar-refractivity contribution in [2.45, 2.75) is 13.8 Å². The minimum absolute atomic E-state index is 0.0691. The van der Waals surface area contributed by atoms with Gasteiger partial charge in [-0.15, -0.1) is 0 Å². The summed E-state index contributed by atoms with van der Waals surface area (Å²) in [6.07, 6.45) is 0. The third-order valence-electron chi connectivity index (χ3n) is 2.99. The second-order valence-electron chi connectivity index (χ2n) is 4.11. The van der Waals surface area contributed by atoms with Crippen molar-refractivity contribution in [3.63, 3.8) is 0 Å². The molecule has 0 spiro atoms. The highest BCUT2D eigenvalue weighted by Gasteiger charge is 2.17. The number of hydrogen-bond donors (Lipinski definition) is 1. The molecule has 16 heavy (non-hydrogen) atoms. The van der Waals surface area contributed by atoms with Crippen molar-refractivity contribution in [2.24, 2.45) is 0 Å². The summed E-state index contributed by atoms with van der Waals surface area (Å²) in [5.41, 5.74) is -0.0691. The van der Waals surface area contributed by atoms with Crippen molar-refractivity contribution < 1.29 is 0 Å². The van der Waals surface area contributed by atoms with Gasteiger partial charge in [-0.3, -0.25) is 4.79 Å². The molecule has 0 bridgehead atoms. The molecule has 1 aliphatic heterocycles. The average Bonchev–Trinajstić information content (AvgIpc) is 2.28. The Bertz CT molecular complexity index is 407. The molecule has 2 heterocycles. The summed E-state index contributed by atoms with van der Waals surface area (Å²) < 4.78 is 0. The van der Waals surface area contributed by atoms with Crippen LogP contribution < -0.4 is 10.5 Å². The van der Waals surface area contributed by atoms with Crippen LogP contribution in [-0.2, 0) is 0 Å². The molecule has 0 amide bonds. The standard InChI is InChI=1S/C11H18N4O/c1-3-14-4-6-15(7-5-14)10-8-11(16)13-9(2)12-10/h8H,3-7H2,1-2H3,(H,12,13,16). The van der Waals surface area contributed by atoms with Gasteiger partial charge in [-0.1, -0.05) is 6.92 Å². The number of piperazine rings is 1. The number of anilines is 1. The number of rotatable bonds is 2. The van der Waals surface area contributed by atoms with Gasteiger partial charge in [0.2, 0.25) is 0 Å². The minimum atomic E-state index is -0.0691. The van der Waals surface area contributed by atoms with Crippen molar-refractivity contribution in [1.29, 1.82) is 0 Å². The summed E-state index contributed by atoms with van der Waals surface area (Å²) in [5.74, 6) is 1.48. The van der Waals surface area contributed by atoms with Gasteiger partial charge >= 0.3 is 0 Å². The Morgan fingerprint density at radius 2 is 2.06 bits per heavy atom. The molecule has 0 atom stereocenters. The number of nitrogens with zero attached hydrogens (tertiary/aromatic N) is 3. The number of H-pyrrole nitrogens is 1. The Labute approximate surface area is 95.1 Å². The van der Waals surface area contributed by atoms with E-state index < -0.39 is 0 Å². The lowest BCUT2D eigenvalue weighted by atomic mass is 10.3. The maximum Gasteiger partial charge on any atom is 0.252 e. The second kappa shape index (κ2) is 4.65. The summed E-state index contributed by atoms with van der Waals surface area (Å²) in [7, 11) is 0. The Morgan fingerprint density at radius 1 is 1.38 bits per heavy atom. The highest BCUT2D eigenvalue weighted by molar-refractivity contribution is 5.37.